The number of nitrogens with zero attached hydrogens (tertiary/aromatic N) is 2. The lowest BCUT2D eigenvalue weighted by Gasteiger charge is -2.35. The number of halogens is 3. The lowest BCUT2D eigenvalue weighted by molar-refractivity contribution is -0.175. The van der Waals surface area contributed by atoms with Gasteiger partial charge in [-0.3, -0.25) is 25.0 Å². The Bertz CT molecular complexity index is 766. The van der Waals surface area contributed by atoms with Gasteiger partial charge in [-0.15, -0.1) is 4.28 Å². The number of hydroxylamine groups is 2. The van der Waals surface area contributed by atoms with E-state index in [0.717, 1.165) is 4.90 Å². The van der Waals surface area contributed by atoms with Gasteiger partial charge in [-0.25, -0.2) is 4.79 Å². The number of alkyl halides is 3. The van der Waals surface area contributed by atoms with Crippen molar-refractivity contribution in [2.75, 3.05) is 6.54 Å². The van der Waals surface area contributed by atoms with Crippen LogP contribution < -0.4 is 10.9 Å². The summed E-state index contributed by atoms with van der Waals surface area (Å²) < 4.78 is 71.4. The van der Waals surface area contributed by atoms with Crippen LogP contribution in [0.15, 0.2) is 0 Å². The molecule has 0 aromatic rings. The van der Waals surface area contributed by atoms with E-state index in [2.05, 4.69) is 4.28 Å². The van der Waals surface area contributed by atoms with Crippen LogP contribution >= 0.6 is 0 Å². The number of urea groups is 1. The number of hydrazine groups is 1. The first kappa shape index (κ1) is 18.7. The molecule has 2 heterocycles. The van der Waals surface area contributed by atoms with E-state index in [0.29, 0.717) is 17.9 Å². The normalized spacial score (nSPS) is 26.8. The van der Waals surface area contributed by atoms with Crippen molar-refractivity contribution in [3.05, 3.63) is 0 Å². The fourth-order valence-corrected chi connectivity index (χ4v) is 3.69. The monoisotopic (exact) mass is 402 g/mol. The Hall–Kier alpha value is -2.13. The number of piperidine rings is 1. The zero-order chi connectivity index (χ0) is 19.5. The second-order valence-corrected chi connectivity index (χ2v) is 7.31. The van der Waals surface area contributed by atoms with Crippen LogP contribution in [0.4, 0.5) is 18.0 Å². The Morgan fingerprint density at radius 1 is 1.27 bits per heavy atom. The molecule has 0 radical (unpaired) electrons. The zero-order valence-corrected chi connectivity index (χ0v) is 13.6. The van der Waals surface area contributed by atoms with Gasteiger partial charge in [0.25, 0.3) is 5.91 Å². The van der Waals surface area contributed by atoms with Gasteiger partial charge in [-0.2, -0.15) is 26.7 Å². The maximum Gasteiger partial charge on any atom is 0.472 e. The number of amides is 4. The average molecular weight is 402 g/mol. The van der Waals surface area contributed by atoms with E-state index in [1.54, 1.807) is 5.43 Å². The molecular formula is C11H13F3N4O7S. The highest BCUT2D eigenvalue weighted by molar-refractivity contribution is 7.80. The molecule has 1 saturated carbocycles. The van der Waals surface area contributed by atoms with E-state index in [-0.39, 0.29) is 13.0 Å². The molecule has 2 aliphatic heterocycles. The van der Waals surface area contributed by atoms with Crippen LogP contribution in [0.2, 0.25) is 0 Å². The van der Waals surface area contributed by atoms with Crippen molar-refractivity contribution in [3.8, 4) is 0 Å². The van der Waals surface area contributed by atoms with Crippen molar-refractivity contribution in [3.63, 3.8) is 0 Å². The molecule has 2 bridgehead atoms. The lowest BCUT2D eigenvalue weighted by Crippen LogP contribution is -2.57. The Balaban J connectivity index is 1.74. The van der Waals surface area contributed by atoms with E-state index in [1.807, 2.05) is 0 Å². The first-order valence-corrected chi connectivity index (χ1v) is 8.64. The third-order valence-electron chi connectivity index (χ3n) is 4.70. The highest BCUT2D eigenvalue weighted by atomic mass is 32.3. The van der Waals surface area contributed by atoms with Crippen LogP contribution in [0, 0.1) is 5.41 Å². The van der Waals surface area contributed by atoms with E-state index in [9.17, 15) is 36.0 Å². The number of fused-ring (bicyclic) bond motifs is 3. The van der Waals surface area contributed by atoms with Gasteiger partial charge in [-0.05, 0) is 24.7 Å². The van der Waals surface area contributed by atoms with Crippen LogP contribution in [0.3, 0.4) is 0 Å². The highest BCUT2D eigenvalue weighted by Crippen LogP contribution is 2.59. The molecule has 3 rings (SSSR count). The summed E-state index contributed by atoms with van der Waals surface area (Å²) in [6.07, 6.45) is -4.10. The molecular weight excluding hydrogens is 389 g/mol. The average Bonchev–Trinajstić information content (AvgIpc) is 3.22. The van der Waals surface area contributed by atoms with Gasteiger partial charge in [0.05, 0.1) is 6.04 Å². The minimum atomic E-state index is -5.20. The van der Waals surface area contributed by atoms with Crippen molar-refractivity contribution in [1.82, 2.24) is 20.8 Å². The van der Waals surface area contributed by atoms with Gasteiger partial charge < -0.3 is 4.90 Å². The summed E-state index contributed by atoms with van der Waals surface area (Å²) in [7, 11) is -4.98. The molecule has 2 saturated heterocycles. The Kier molecular flexibility index (Phi) is 4.08. The summed E-state index contributed by atoms with van der Waals surface area (Å²) in [4.78, 5) is 36.1. The number of hydrogen-bond acceptors (Lipinski definition) is 6. The van der Waals surface area contributed by atoms with Crippen LogP contribution in [0.5, 0.6) is 0 Å². The largest absolute Gasteiger partial charge is 0.472 e. The molecule has 146 valence electrons. The predicted octanol–water partition coefficient (Wildman–Crippen LogP) is -0.911. The fraction of sp³-hybridized carbons (Fsp3) is 0.727. The molecule has 4 amide bonds. The molecule has 26 heavy (non-hydrogen) atoms. The lowest BCUT2D eigenvalue weighted by atomic mass is 9.85. The Morgan fingerprint density at radius 3 is 2.38 bits per heavy atom. The maximum atomic E-state index is 12.3. The second kappa shape index (κ2) is 5.68. The third kappa shape index (κ3) is 3.28. The molecule has 0 aromatic heterocycles. The van der Waals surface area contributed by atoms with Gasteiger partial charge in [0.15, 0.2) is 0 Å². The summed E-state index contributed by atoms with van der Waals surface area (Å²) in [6, 6.07) is -2.99. The van der Waals surface area contributed by atoms with Gasteiger partial charge in [0, 0.05) is 6.54 Å². The minimum absolute atomic E-state index is 0.0441. The second-order valence-electron chi connectivity index (χ2n) is 6.30. The van der Waals surface area contributed by atoms with Crippen molar-refractivity contribution in [1.29, 1.82) is 0 Å². The summed E-state index contributed by atoms with van der Waals surface area (Å²) in [5.74, 6) is -3.45. The van der Waals surface area contributed by atoms with Crippen LogP contribution in [-0.4, -0.2) is 65.6 Å². The minimum Gasteiger partial charge on any atom is -0.309 e. The number of rotatable bonds is 3. The van der Waals surface area contributed by atoms with E-state index in [1.165, 1.54) is 5.43 Å². The molecule has 3 fully saturated rings. The molecule has 3 N–H and O–H groups in total. The summed E-state index contributed by atoms with van der Waals surface area (Å²) in [5, 5.41) is 0.462. The van der Waals surface area contributed by atoms with E-state index < -0.39 is 51.9 Å². The smallest absolute Gasteiger partial charge is 0.309 e. The highest BCUT2D eigenvalue weighted by Gasteiger charge is 2.65. The SMILES string of the molecule is O=C(NNC(=O)C(F)(F)F)[C@@H]1CC2(CC2)[C@@H]2CN1C(=O)N2OS(=O)(=O)O. The first-order valence-electron chi connectivity index (χ1n) is 7.28. The maximum absolute atomic E-state index is 12.3. The molecule has 0 unspecified atom stereocenters. The van der Waals surface area contributed by atoms with Crippen molar-refractivity contribution in [2.45, 2.75) is 37.5 Å². The molecule has 1 aliphatic carbocycles. The van der Waals surface area contributed by atoms with Crippen LogP contribution in [-0.2, 0) is 24.3 Å². The van der Waals surface area contributed by atoms with Crippen molar-refractivity contribution >= 4 is 28.2 Å². The number of nitrogens with one attached hydrogen (secondary N) is 2. The summed E-state index contributed by atoms with van der Waals surface area (Å²) >= 11 is 0. The fourth-order valence-electron chi connectivity index (χ4n) is 3.32. The van der Waals surface area contributed by atoms with Crippen LogP contribution in [0.1, 0.15) is 19.3 Å². The van der Waals surface area contributed by atoms with Gasteiger partial charge in [0.2, 0.25) is 0 Å². The van der Waals surface area contributed by atoms with Gasteiger partial charge >= 0.3 is 28.5 Å². The first-order chi connectivity index (χ1) is 11.8. The summed E-state index contributed by atoms with van der Waals surface area (Å²) in [5.41, 5.74) is 2.17. The van der Waals surface area contributed by atoms with E-state index >= 15 is 0 Å². The zero-order valence-electron chi connectivity index (χ0n) is 12.8. The number of carbonyl (C=O) groups excluding carboxylic acids is 3. The quantitative estimate of drug-likeness (QED) is 0.409. The standard InChI is InChI=1S/C11H13F3N4O7S/c12-11(13,14)8(20)16-15-7(19)5-3-10(1-2-10)6-4-17(5)9(21)18(6)25-26(22,23)24/h5-6H,1-4H2,(H,15,19)(H,16,20)(H,22,23,24)/t5-,6-/m0/s1. The molecule has 1 spiro atoms. The topological polar surface area (TPSA) is 145 Å². The number of carbonyl (C=O) groups is 3. The van der Waals surface area contributed by atoms with E-state index in [4.69, 9.17) is 4.55 Å². The molecule has 0 aromatic carbocycles. The molecule has 15 heteroatoms. The molecule has 3 aliphatic rings. The Morgan fingerprint density at radius 2 is 1.88 bits per heavy atom. The van der Waals surface area contributed by atoms with Gasteiger partial charge in [-0.1, -0.05) is 0 Å². The third-order valence-corrected chi connectivity index (χ3v) is 5.04. The molecule has 2 atom stereocenters. The number of hydrogen-bond donors (Lipinski definition) is 3. The van der Waals surface area contributed by atoms with Crippen molar-refractivity contribution in [2.24, 2.45) is 5.41 Å². The molecule has 11 nitrogen and oxygen atoms in total. The van der Waals surface area contributed by atoms with Gasteiger partial charge in [0.1, 0.15) is 6.04 Å². The van der Waals surface area contributed by atoms with Crippen LogP contribution in [0.25, 0.3) is 0 Å². The summed E-state index contributed by atoms with van der Waals surface area (Å²) in [6.45, 7) is -0.111. The van der Waals surface area contributed by atoms with Crippen molar-refractivity contribution < 1.29 is 44.8 Å². The Labute approximate surface area is 144 Å². The predicted molar refractivity (Wildman–Crippen MR) is 72.8 cm³/mol.